The van der Waals surface area contributed by atoms with Gasteiger partial charge in [0.1, 0.15) is 5.52 Å². The molecular weight excluding hydrogens is 336 g/mol. The van der Waals surface area contributed by atoms with Crippen molar-refractivity contribution in [3.05, 3.63) is 83.9 Å². The molecule has 0 fully saturated rings. The third-order valence-corrected chi connectivity index (χ3v) is 4.48. The maximum atomic E-state index is 12.2. The highest BCUT2D eigenvalue weighted by Gasteiger charge is 2.09. The monoisotopic (exact) mass is 356 g/mol. The lowest BCUT2D eigenvalue weighted by molar-refractivity contribution is -0.115. The molecule has 0 atom stereocenters. The van der Waals surface area contributed by atoms with Gasteiger partial charge in [0, 0.05) is 11.3 Å². The summed E-state index contributed by atoms with van der Waals surface area (Å²) >= 11 is 0. The Bertz CT molecular complexity index is 1070. The van der Waals surface area contributed by atoms with Gasteiger partial charge in [-0.05, 0) is 53.9 Å². The lowest BCUT2D eigenvalue weighted by Gasteiger charge is -2.06. The van der Waals surface area contributed by atoms with Crippen LogP contribution in [0.25, 0.3) is 22.6 Å². The molecule has 0 radical (unpaired) electrons. The third-order valence-electron chi connectivity index (χ3n) is 4.48. The molecule has 0 spiro atoms. The van der Waals surface area contributed by atoms with Gasteiger partial charge in [0.15, 0.2) is 5.58 Å². The van der Waals surface area contributed by atoms with E-state index in [1.807, 2.05) is 60.7 Å². The van der Waals surface area contributed by atoms with Gasteiger partial charge >= 0.3 is 0 Å². The van der Waals surface area contributed by atoms with Crippen molar-refractivity contribution in [1.29, 1.82) is 0 Å². The molecule has 0 aliphatic carbocycles. The predicted molar refractivity (Wildman–Crippen MR) is 108 cm³/mol. The van der Waals surface area contributed by atoms with Gasteiger partial charge in [-0.25, -0.2) is 4.98 Å². The Labute approximate surface area is 157 Å². The van der Waals surface area contributed by atoms with Crippen molar-refractivity contribution in [3.8, 4) is 11.5 Å². The largest absolute Gasteiger partial charge is 0.436 e. The molecule has 4 rings (SSSR count). The van der Waals surface area contributed by atoms with Crippen LogP contribution in [0, 0.1) is 0 Å². The summed E-state index contributed by atoms with van der Waals surface area (Å²) in [5.74, 6) is 0.545. The number of nitrogens with zero attached hydrogens (tertiary/aromatic N) is 1. The maximum Gasteiger partial charge on any atom is 0.228 e. The van der Waals surface area contributed by atoms with Gasteiger partial charge in [-0.1, -0.05) is 43.3 Å². The number of aryl methyl sites for hydroxylation is 1. The van der Waals surface area contributed by atoms with Gasteiger partial charge in [-0.15, -0.1) is 0 Å². The summed E-state index contributed by atoms with van der Waals surface area (Å²) in [5, 5.41) is 2.92. The molecule has 3 aromatic carbocycles. The predicted octanol–water partition coefficient (Wildman–Crippen LogP) is 5.24. The average molecular weight is 356 g/mol. The van der Waals surface area contributed by atoms with Crippen LogP contribution >= 0.6 is 0 Å². The molecule has 4 heteroatoms. The lowest BCUT2D eigenvalue weighted by Crippen LogP contribution is -2.14. The summed E-state index contributed by atoms with van der Waals surface area (Å²) in [7, 11) is 0. The Balaban J connectivity index is 1.48. The number of rotatable bonds is 5. The SMILES string of the molecule is CCc1ccc2oc(-c3ccc(NC(=O)Cc4ccccc4)cc3)nc2c1. The standard InChI is InChI=1S/C23H20N2O2/c1-2-16-8-13-21-20(14-16)25-23(27-21)18-9-11-19(12-10-18)24-22(26)15-17-6-4-3-5-7-17/h3-14H,2,15H2,1H3,(H,24,26). The quantitative estimate of drug-likeness (QED) is 0.532. The van der Waals surface area contributed by atoms with Crippen molar-refractivity contribution < 1.29 is 9.21 Å². The molecule has 27 heavy (non-hydrogen) atoms. The fourth-order valence-corrected chi connectivity index (χ4v) is 3.00. The summed E-state index contributed by atoms with van der Waals surface area (Å²) in [6.45, 7) is 2.12. The van der Waals surface area contributed by atoms with Crippen molar-refractivity contribution in [2.24, 2.45) is 0 Å². The number of carbonyl (C=O) groups excluding carboxylic acids is 1. The summed E-state index contributed by atoms with van der Waals surface area (Å²) < 4.78 is 5.86. The van der Waals surface area contributed by atoms with Crippen LogP contribution in [0.5, 0.6) is 0 Å². The van der Waals surface area contributed by atoms with Gasteiger partial charge in [0.05, 0.1) is 6.42 Å². The molecule has 0 aliphatic heterocycles. The van der Waals surface area contributed by atoms with Gasteiger partial charge in [0.2, 0.25) is 11.8 Å². The van der Waals surface area contributed by atoms with Crippen LogP contribution in [-0.4, -0.2) is 10.9 Å². The first-order valence-corrected chi connectivity index (χ1v) is 9.05. The topological polar surface area (TPSA) is 55.1 Å². The zero-order valence-corrected chi connectivity index (χ0v) is 15.1. The molecule has 1 aromatic heterocycles. The third kappa shape index (κ3) is 3.90. The van der Waals surface area contributed by atoms with Gasteiger partial charge in [-0.2, -0.15) is 0 Å². The number of oxazole rings is 1. The summed E-state index contributed by atoms with van der Waals surface area (Å²) in [6, 6.07) is 23.3. The zero-order valence-electron chi connectivity index (χ0n) is 15.1. The van der Waals surface area contributed by atoms with E-state index >= 15 is 0 Å². The summed E-state index contributed by atoms with van der Waals surface area (Å²) in [4.78, 5) is 16.8. The Kier molecular flexibility index (Phi) is 4.71. The Hall–Kier alpha value is -3.40. The number of hydrogen-bond acceptors (Lipinski definition) is 3. The van der Waals surface area contributed by atoms with Crippen LogP contribution in [0.3, 0.4) is 0 Å². The smallest absolute Gasteiger partial charge is 0.228 e. The van der Waals surface area contributed by atoms with E-state index in [1.165, 1.54) is 5.56 Å². The second-order valence-electron chi connectivity index (χ2n) is 6.46. The second kappa shape index (κ2) is 7.46. The molecule has 0 saturated heterocycles. The van der Waals surface area contributed by atoms with Crippen molar-refractivity contribution in [3.63, 3.8) is 0 Å². The number of anilines is 1. The van der Waals surface area contributed by atoms with E-state index in [1.54, 1.807) is 0 Å². The van der Waals surface area contributed by atoms with Crippen LogP contribution in [-0.2, 0) is 17.6 Å². The Morgan fingerprint density at radius 2 is 1.74 bits per heavy atom. The van der Waals surface area contributed by atoms with E-state index < -0.39 is 0 Å². The number of hydrogen-bond donors (Lipinski definition) is 1. The first-order valence-electron chi connectivity index (χ1n) is 9.05. The number of fused-ring (bicyclic) bond motifs is 1. The highest BCUT2D eigenvalue weighted by Crippen LogP contribution is 2.26. The number of amides is 1. The van der Waals surface area contributed by atoms with Crippen molar-refractivity contribution in [2.45, 2.75) is 19.8 Å². The average Bonchev–Trinajstić information content (AvgIpc) is 3.12. The fraction of sp³-hybridized carbons (Fsp3) is 0.130. The Morgan fingerprint density at radius 3 is 2.48 bits per heavy atom. The van der Waals surface area contributed by atoms with Crippen molar-refractivity contribution in [2.75, 3.05) is 5.32 Å². The molecule has 0 saturated carbocycles. The first kappa shape index (κ1) is 17.0. The van der Waals surface area contributed by atoms with E-state index in [9.17, 15) is 4.79 Å². The van der Waals surface area contributed by atoms with E-state index in [-0.39, 0.29) is 5.91 Å². The number of carbonyl (C=O) groups is 1. The molecule has 0 bridgehead atoms. The van der Waals surface area contributed by atoms with Gasteiger partial charge < -0.3 is 9.73 Å². The van der Waals surface area contributed by atoms with E-state index in [4.69, 9.17) is 4.42 Å². The number of nitrogens with one attached hydrogen (secondary N) is 1. The molecule has 0 aliphatic rings. The minimum atomic E-state index is -0.0390. The van der Waals surface area contributed by atoms with Crippen LogP contribution in [0.2, 0.25) is 0 Å². The lowest BCUT2D eigenvalue weighted by atomic mass is 10.1. The summed E-state index contributed by atoms with van der Waals surface area (Å²) in [5.41, 5.74) is 5.50. The highest BCUT2D eigenvalue weighted by molar-refractivity contribution is 5.92. The van der Waals surface area contributed by atoms with Crippen LogP contribution in [0.15, 0.2) is 77.2 Å². The molecule has 1 amide bonds. The minimum absolute atomic E-state index is 0.0390. The molecule has 1 N–H and O–H groups in total. The molecule has 4 aromatic rings. The Morgan fingerprint density at radius 1 is 0.963 bits per heavy atom. The number of aromatic nitrogens is 1. The van der Waals surface area contributed by atoms with Crippen LogP contribution in [0.4, 0.5) is 5.69 Å². The van der Waals surface area contributed by atoms with E-state index in [2.05, 4.69) is 29.4 Å². The van der Waals surface area contributed by atoms with Gasteiger partial charge in [0.25, 0.3) is 0 Å². The molecular formula is C23H20N2O2. The van der Waals surface area contributed by atoms with Crippen LogP contribution < -0.4 is 5.32 Å². The van der Waals surface area contributed by atoms with Crippen molar-refractivity contribution in [1.82, 2.24) is 4.98 Å². The molecule has 1 heterocycles. The highest BCUT2D eigenvalue weighted by atomic mass is 16.3. The van der Waals surface area contributed by atoms with Crippen LogP contribution in [0.1, 0.15) is 18.1 Å². The maximum absolute atomic E-state index is 12.2. The fourth-order valence-electron chi connectivity index (χ4n) is 3.00. The summed E-state index contributed by atoms with van der Waals surface area (Å²) in [6.07, 6.45) is 1.32. The molecule has 0 unspecified atom stereocenters. The zero-order chi connectivity index (χ0) is 18.6. The van der Waals surface area contributed by atoms with E-state index in [0.717, 1.165) is 34.3 Å². The van der Waals surface area contributed by atoms with Crippen molar-refractivity contribution >= 4 is 22.7 Å². The normalized spacial score (nSPS) is 10.9. The van der Waals surface area contributed by atoms with Gasteiger partial charge in [-0.3, -0.25) is 4.79 Å². The molecule has 4 nitrogen and oxygen atoms in total. The van der Waals surface area contributed by atoms with E-state index in [0.29, 0.717) is 12.3 Å². The minimum Gasteiger partial charge on any atom is -0.436 e. The first-order chi connectivity index (χ1) is 13.2. The second-order valence-corrected chi connectivity index (χ2v) is 6.46. The molecule has 134 valence electrons. The number of benzene rings is 3.